The zero-order chi connectivity index (χ0) is 21.1. The summed E-state index contributed by atoms with van der Waals surface area (Å²) in [4.78, 5) is 27.2. The lowest BCUT2D eigenvalue weighted by atomic mass is 9.87. The van der Waals surface area contributed by atoms with Crippen LogP contribution in [0.2, 0.25) is 0 Å². The van der Waals surface area contributed by atoms with Crippen LogP contribution in [0.15, 0.2) is 36.5 Å². The van der Waals surface area contributed by atoms with E-state index in [0.717, 1.165) is 30.2 Å². The van der Waals surface area contributed by atoms with Gasteiger partial charge in [-0.3, -0.25) is 4.79 Å². The number of thiophene rings is 1. The van der Waals surface area contributed by atoms with Gasteiger partial charge in [0.2, 0.25) is 5.78 Å². The lowest BCUT2D eigenvalue weighted by Crippen LogP contribution is -2.13. The number of nitriles is 1. The molecule has 1 unspecified atom stereocenters. The molecule has 4 rings (SSSR count). The molecule has 2 aromatic heterocycles. The molecule has 5 nitrogen and oxygen atoms in total. The fourth-order valence-corrected chi connectivity index (χ4v) is 5.25. The Balaban J connectivity index is 1.46. The Bertz CT molecular complexity index is 1140. The first-order valence-corrected chi connectivity index (χ1v) is 11.2. The van der Waals surface area contributed by atoms with Crippen LogP contribution in [0.25, 0.3) is 10.9 Å². The van der Waals surface area contributed by atoms with Crippen molar-refractivity contribution in [2.24, 2.45) is 5.92 Å². The predicted molar refractivity (Wildman–Crippen MR) is 117 cm³/mol. The number of carbonyl (C=O) groups is 2. The maximum Gasteiger partial charge on any atom is 0.348 e. The lowest BCUT2D eigenvalue weighted by molar-refractivity contribution is 0.0480. The molecule has 0 saturated heterocycles. The molecule has 0 radical (unpaired) electrons. The highest BCUT2D eigenvalue weighted by atomic mass is 32.1. The summed E-state index contributed by atoms with van der Waals surface area (Å²) in [5, 5.41) is 9.69. The molecular weight excluding hydrogens is 396 g/mol. The summed E-state index contributed by atoms with van der Waals surface area (Å²) in [5.41, 5.74) is 2.68. The maximum atomic E-state index is 12.8. The fourth-order valence-electron chi connectivity index (χ4n) is 4.15. The molecule has 6 heteroatoms. The Morgan fingerprint density at radius 2 is 2.17 bits per heavy atom. The highest BCUT2D eigenvalue weighted by molar-refractivity contribution is 7.14. The highest BCUT2D eigenvalue weighted by Crippen LogP contribution is 2.34. The van der Waals surface area contributed by atoms with Crippen LogP contribution < -0.4 is 0 Å². The smallest absolute Gasteiger partial charge is 0.348 e. The number of fused-ring (bicyclic) bond motifs is 2. The number of nitrogens with zero attached hydrogens (tertiary/aromatic N) is 2. The zero-order valence-electron chi connectivity index (χ0n) is 17.0. The minimum atomic E-state index is -0.427. The molecule has 0 amide bonds. The fraction of sp³-hybridized carbons (Fsp3) is 0.375. The number of aryl methyl sites for hydroxylation is 2. The van der Waals surface area contributed by atoms with E-state index in [1.807, 2.05) is 34.9 Å². The number of aromatic nitrogens is 1. The Morgan fingerprint density at radius 1 is 1.33 bits per heavy atom. The third-order valence-corrected chi connectivity index (χ3v) is 7.07. The molecular formula is C24H24N2O3S. The summed E-state index contributed by atoms with van der Waals surface area (Å²) in [6.45, 7) is 2.44. The monoisotopic (exact) mass is 420 g/mol. The normalized spacial score (nSPS) is 15.5. The molecule has 30 heavy (non-hydrogen) atoms. The summed E-state index contributed by atoms with van der Waals surface area (Å²) in [7, 11) is 0. The van der Waals surface area contributed by atoms with E-state index in [1.54, 1.807) is 6.20 Å². The van der Waals surface area contributed by atoms with Gasteiger partial charge in [0, 0.05) is 34.1 Å². The van der Waals surface area contributed by atoms with Gasteiger partial charge >= 0.3 is 5.97 Å². The predicted octanol–water partition coefficient (Wildman–Crippen LogP) is 5.17. The number of esters is 1. The largest absolute Gasteiger partial charge is 0.453 e. The van der Waals surface area contributed by atoms with Gasteiger partial charge in [-0.1, -0.05) is 31.5 Å². The van der Waals surface area contributed by atoms with Crippen LogP contribution in [-0.4, -0.2) is 22.9 Å². The van der Waals surface area contributed by atoms with E-state index in [2.05, 4.69) is 13.0 Å². The van der Waals surface area contributed by atoms with E-state index in [-0.39, 0.29) is 12.4 Å². The molecule has 154 valence electrons. The van der Waals surface area contributed by atoms with Crippen LogP contribution in [-0.2, 0) is 24.1 Å². The minimum absolute atomic E-state index is 0.234. The summed E-state index contributed by atoms with van der Waals surface area (Å²) >= 11 is 1.50. The number of ketones is 1. The van der Waals surface area contributed by atoms with Gasteiger partial charge in [0.15, 0.2) is 6.61 Å². The van der Waals surface area contributed by atoms with Crippen LogP contribution >= 0.6 is 11.3 Å². The van der Waals surface area contributed by atoms with Gasteiger partial charge in [-0.25, -0.2) is 4.79 Å². The highest BCUT2D eigenvalue weighted by Gasteiger charge is 2.23. The molecule has 1 atom stereocenters. The van der Waals surface area contributed by atoms with Gasteiger partial charge < -0.3 is 9.30 Å². The number of benzene rings is 1. The van der Waals surface area contributed by atoms with Crippen LogP contribution in [0.5, 0.6) is 0 Å². The molecule has 0 bridgehead atoms. The van der Waals surface area contributed by atoms with Crippen molar-refractivity contribution in [2.45, 2.75) is 45.6 Å². The van der Waals surface area contributed by atoms with E-state index in [4.69, 9.17) is 10.00 Å². The van der Waals surface area contributed by atoms with Gasteiger partial charge in [0.1, 0.15) is 4.88 Å². The third kappa shape index (κ3) is 4.03. The average Bonchev–Trinajstić information content (AvgIpc) is 3.37. The number of hydrogen-bond donors (Lipinski definition) is 0. The molecule has 0 saturated carbocycles. The van der Waals surface area contributed by atoms with Gasteiger partial charge in [-0.15, -0.1) is 11.3 Å². The van der Waals surface area contributed by atoms with Crippen molar-refractivity contribution in [3.05, 3.63) is 57.4 Å². The second-order valence-corrected chi connectivity index (χ2v) is 8.87. The first-order valence-electron chi connectivity index (χ1n) is 10.4. The van der Waals surface area contributed by atoms with Crippen LogP contribution in [0, 0.1) is 17.2 Å². The third-order valence-electron chi connectivity index (χ3n) is 5.85. The molecule has 3 aromatic rings. The number of Topliss-reactive ketones (excluding diaryl/α,β-unsaturated/α-hetero) is 1. The minimum Gasteiger partial charge on any atom is -0.453 e. The molecule has 1 aliphatic rings. The van der Waals surface area contributed by atoms with Crippen molar-refractivity contribution in [3.63, 3.8) is 0 Å². The molecule has 2 heterocycles. The maximum absolute atomic E-state index is 12.8. The van der Waals surface area contributed by atoms with E-state index in [0.29, 0.717) is 29.3 Å². The molecule has 0 N–H and O–H groups in total. The quantitative estimate of drug-likeness (QED) is 0.390. The van der Waals surface area contributed by atoms with Gasteiger partial charge in [-0.2, -0.15) is 5.26 Å². The van der Waals surface area contributed by atoms with Crippen molar-refractivity contribution in [3.8, 4) is 6.07 Å². The molecule has 0 fully saturated rings. The van der Waals surface area contributed by atoms with Crippen molar-refractivity contribution in [1.29, 1.82) is 5.26 Å². The first kappa shape index (κ1) is 20.4. The number of carbonyl (C=O) groups excluding carboxylic acids is 2. The van der Waals surface area contributed by atoms with Crippen molar-refractivity contribution < 1.29 is 14.3 Å². The standard InChI is InChI=1S/C24H24N2O3S/c1-2-16-8-9-22-17(12-16)13-23(30-22)24(28)29-15-21(27)19-14-26(11-5-10-25)20-7-4-3-6-18(19)20/h3-4,6-7,13-14,16H,2,5,8-9,11-12,15H2,1H3. The van der Waals surface area contributed by atoms with Crippen LogP contribution in [0.3, 0.4) is 0 Å². The van der Waals surface area contributed by atoms with Gasteiger partial charge in [0.05, 0.1) is 12.5 Å². The summed E-state index contributed by atoms with van der Waals surface area (Å²) in [6, 6.07) is 11.7. The SMILES string of the molecule is CCC1CCc2sc(C(=O)OCC(=O)c3cn(CCC#N)c4ccccc34)cc2C1. The number of para-hydroxylation sites is 1. The van der Waals surface area contributed by atoms with E-state index < -0.39 is 5.97 Å². The number of ether oxygens (including phenoxy) is 1. The van der Waals surface area contributed by atoms with E-state index in [1.165, 1.54) is 28.2 Å². The first-order chi connectivity index (χ1) is 14.6. The lowest BCUT2D eigenvalue weighted by Gasteiger charge is -2.19. The molecule has 1 aromatic carbocycles. The van der Waals surface area contributed by atoms with Crippen LogP contribution in [0.1, 0.15) is 56.7 Å². The second kappa shape index (κ2) is 8.85. The van der Waals surface area contributed by atoms with Gasteiger partial charge in [0.25, 0.3) is 0 Å². The van der Waals surface area contributed by atoms with Crippen molar-refractivity contribution >= 4 is 34.0 Å². The second-order valence-electron chi connectivity index (χ2n) is 7.74. The number of rotatable bonds is 7. The van der Waals surface area contributed by atoms with Gasteiger partial charge in [-0.05, 0) is 42.9 Å². The summed E-state index contributed by atoms with van der Waals surface area (Å²) < 4.78 is 7.28. The number of hydrogen-bond acceptors (Lipinski definition) is 5. The van der Waals surface area contributed by atoms with Crippen molar-refractivity contribution in [1.82, 2.24) is 4.57 Å². The Labute approximate surface area is 179 Å². The van der Waals surface area contributed by atoms with Crippen LogP contribution in [0.4, 0.5) is 0 Å². The summed E-state index contributed by atoms with van der Waals surface area (Å²) in [5.74, 6) is 0.0301. The Morgan fingerprint density at radius 3 is 2.97 bits per heavy atom. The zero-order valence-corrected chi connectivity index (χ0v) is 17.8. The molecule has 0 aliphatic heterocycles. The summed E-state index contributed by atoms with van der Waals surface area (Å²) in [6.07, 6.45) is 6.50. The molecule has 0 spiro atoms. The van der Waals surface area contributed by atoms with E-state index >= 15 is 0 Å². The van der Waals surface area contributed by atoms with E-state index in [9.17, 15) is 9.59 Å². The molecule has 1 aliphatic carbocycles. The van der Waals surface area contributed by atoms with Crippen molar-refractivity contribution in [2.75, 3.05) is 6.61 Å². The topological polar surface area (TPSA) is 72.1 Å². The Hall–Kier alpha value is -2.91. The Kier molecular flexibility index (Phi) is 6.01. The average molecular weight is 421 g/mol.